The summed E-state index contributed by atoms with van der Waals surface area (Å²) in [5.41, 5.74) is 0.363. The summed E-state index contributed by atoms with van der Waals surface area (Å²) in [6.07, 6.45) is 2.63. The Hall–Kier alpha value is -2.15. The molecule has 0 saturated carbocycles. The van der Waals surface area contributed by atoms with Gasteiger partial charge in [0.1, 0.15) is 5.82 Å². The molecule has 8 heteroatoms. The van der Waals surface area contributed by atoms with Crippen LogP contribution in [0.4, 0.5) is 5.82 Å². The van der Waals surface area contributed by atoms with Gasteiger partial charge in [-0.2, -0.15) is 4.98 Å². The molecule has 0 aliphatic rings. The summed E-state index contributed by atoms with van der Waals surface area (Å²) in [4.78, 5) is 19.6. The van der Waals surface area contributed by atoms with Crippen LogP contribution < -0.4 is 10.6 Å². The summed E-state index contributed by atoms with van der Waals surface area (Å²) in [5.74, 6) is 0.609. The van der Waals surface area contributed by atoms with Crippen molar-refractivity contribution >= 4 is 23.3 Å². The third-order valence-corrected chi connectivity index (χ3v) is 2.44. The Morgan fingerprint density at radius 2 is 2.33 bits per heavy atom. The summed E-state index contributed by atoms with van der Waals surface area (Å²) >= 11 is 5.93. The molecule has 18 heavy (non-hydrogen) atoms. The van der Waals surface area contributed by atoms with Gasteiger partial charge in [0.05, 0.1) is 17.1 Å². The van der Waals surface area contributed by atoms with Crippen LogP contribution in [0.5, 0.6) is 0 Å². The number of hydrogen-bond acceptors (Lipinski definition) is 6. The molecule has 0 aliphatic heterocycles. The van der Waals surface area contributed by atoms with Gasteiger partial charge in [-0.1, -0.05) is 16.8 Å². The summed E-state index contributed by atoms with van der Waals surface area (Å²) in [6, 6.07) is 1.53. The van der Waals surface area contributed by atoms with Gasteiger partial charge in [0.15, 0.2) is 5.82 Å². The fraction of sp³-hybridized carbons (Fsp3) is 0.200. The van der Waals surface area contributed by atoms with Crippen LogP contribution in [0.2, 0.25) is 5.02 Å². The average molecular weight is 268 g/mol. The second-order valence-electron chi connectivity index (χ2n) is 3.33. The molecule has 1 amide bonds. The lowest BCUT2D eigenvalue weighted by molar-refractivity contribution is 0.0949. The Morgan fingerprint density at radius 1 is 1.50 bits per heavy atom. The summed E-state index contributed by atoms with van der Waals surface area (Å²) in [5, 5.41) is 9.39. The Kier molecular flexibility index (Phi) is 3.73. The molecule has 0 atom stereocenters. The van der Waals surface area contributed by atoms with E-state index in [9.17, 15) is 4.79 Å². The quantitative estimate of drug-likeness (QED) is 0.861. The number of pyridine rings is 1. The van der Waals surface area contributed by atoms with Gasteiger partial charge in [0.25, 0.3) is 5.91 Å². The van der Waals surface area contributed by atoms with Crippen molar-refractivity contribution in [3.8, 4) is 0 Å². The molecule has 0 radical (unpaired) electrons. The third-order valence-electron chi connectivity index (χ3n) is 2.15. The first-order valence-corrected chi connectivity index (χ1v) is 5.45. The third kappa shape index (κ3) is 2.75. The zero-order valence-corrected chi connectivity index (χ0v) is 10.2. The molecule has 0 fully saturated rings. The van der Waals surface area contributed by atoms with Crippen molar-refractivity contribution in [3.05, 3.63) is 35.1 Å². The molecule has 0 aliphatic carbocycles. The van der Waals surface area contributed by atoms with Crippen LogP contribution in [0.25, 0.3) is 0 Å². The number of hydrogen-bond donors (Lipinski definition) is 2. The minimum atomic E-state index is -0.308. The predicted molar refractivity (Wildman–Crippen MR) is 64.3 cm³/mol. The number of aromatic nitrogens is 3. The molecule has 0 spiro atoms. The van der Waals surface area contributed by atoms with Crippen LogP contribution in [0, 0.1) is 0 Å². The van der Waals surface area contributed by atoms with E-state index in [1.807, 2.05) is 0 Å². The van der Waals surface area contributed by atoms with E-state index in [0.29, 0.717) is 22.2 Å². The largest absolute Gasteiger partial charge is 0.372 e. The van der Waals surface area contributed by atoms with Crippen LogP contribution in [-0.2, 0) is 6.54 Å². The van der Waals surface area contributed by atoms with E-state index in [0.717, 1.165) is 0 Å². The summed E-state index contributed by atoms with van der Waals surface area (Å²) in [6.45, 7) is 0.181. The highest BCUT2D eigenvalue weighted by atomic mass is 35.5. The molecule has 2 aromatic rings. The number of nitrogens with one attached hydrogen (secondary N) is 2. The lowest BCUT2D eigenvalue weighted by atomic mass is 10.2. The fourth-order valence-electron chi connectivity index (χ4n) is 1.28. The van der Waals surface area contributed by atoms with Gasteiger partial charge in [-0.25, -0.2) is 4.98 Å². The number of nitrogens with zero attached hydrogens (tertiary/aromatic N) is 3. The minimum Gasteiger partial charge on any atom is -0.372 e. The zero-order chi connectivity index (χ0) is 13.0. The van der Waals surface area contributed by atoms with Crippen molar-refractivity contribution in [2.45, 2.75) is 6.54 Å². The van der Waals surface area contributed by atoms with E-state index in [-0.39, 0.29) is 12.5 Å². The molecule has 7 nitrogen and oxygen atoms in total. The van der Waals surface area contributed by atoms with Crippen molar-refractivity contribution < 1.29 is 9.32 Å². The molecule has 2 heterocycles. The first-order valence-electron chi connectivity index (χ1n) is 5.07. The smallest absolute Gasteiger partial charge is 0.253 e. The maximum Gasteiger partial charge on any atom is 0.253 e. The molecule has 94 valence electrons. The normalized spacial score (nSPS) is 10.1. The topological polar surface area (TPSA) is 92.9 Å². The lowest BCUT2D eigenvalue weighted by Crippen LogP contribution is -2.23. The molecule has 2 N–H and O–H groups in total. The van der Waals surface area contributed by atoms with Crippen LogP contribution >= 0.6 is 11.6 Å². The highest BCUT2D eigenvalue weighted by molar-refractivity contribution is 6.33. The highest BCUT2D eigenvalue weighted by Gasteiger charge is 2.10. The van der Waals surface area contributed by atoms with E-state index < -0.39 is 0 Å². The molecule has 0 unspecified atom stereocenters. The van der Waals surface area contributed by atoms with Crippen LogP contribution in [0.3, 0.4) is 0 Å². The number of anilines is 1. The van der Waals surface area contributed by atoms with Crippen molar-refractivity contribution in [3.63, 3.8) is 0 Å². The zero-order valence-electron chi connectivity index (χ0n) is 9.48. The van der Waals surface area contributed by atoms with Crippen molar-refractivity contribution in [2.24, 2.45) is 0 Å². The first kappa shape index (κ1) is 12.3. The van der Waals surface area contributed by atoms with E-state index in [2.05, 4.69) is 30.3 Å². The number of carbonyl (C=O) groups is 1. The standard InChI is InChI=1S/C10H10ClN5O2/c1-12-9-7(11)2-6(3-13-9)10(17)14-4-8-15-5-18-16-8/h2-3,5H,4H2,1H3,(H,12,13)(H,14,17). The van der Waals surface area contributed by atoms with Crippen LogP contribution in [0.1, 0.15) is 16.2 Å². The van der Waals surface area contributed by atoms with Gasteiger partial charge in [-0.3, -0.25) is 4.79 Å². The number of rotatable bonds is 4. The SMILES string of the molecule is CNc1ncc(C(=O)NCc2ncon2)cc1Cl. The second-order valence-corrected chi connectivity index (χ2v) is 3.74. The van der Waals surface area contributed by atoms with Gasteiger partial charge in [-0.05, 0) is 6.07 Å². The molecular weight excluding hydrogens is 258 g/mol. The maximum absolute atomic E-state index is 11.8. The van der Waals surface area contributed by atoms with E-state index in [4.69, 9.17) is 11.6 Å². The Morgan fingerprint density at radius 3 is 2.94 bits per heavy atom. The number of carbonyl (C=O) groups excluding carboxylic acids is 1. The molecular formula is C10H10ClN5O2. The average Bonchev–Trinajstić information content (AvgIpc) is 2.89. The number of amides is 1. The van der Waals surface area contributed by atoms with Crippen molar-refractivity contribution in [1.29, 1.82) is 0 Å². The fourth-order valence-corrected chi connectivity index (χ4v) is 1.54. The van der Waals surface area contributed by atoms with Crippen molar-refractivity contribution in [2.75, 3.05) is 12.4 Å². The molecule has 0 saturated heterocycles. The Balaban J connectivity index is 2.02. The summed E-state index contributed by atoms with van der Waals surface area (Å²) < 4.78 is 4.55. The van der Waals surface area contributed by atoms with Gasteiger partial charge in [0.2, 0.25) is 6.39 Å². The van der Waals surface area contributed by atoms with Gasteiger partial charge in [0, 0.05) is 13.2 Å². The lowest BCUT2D eigenvalue weighted by Gasteiger charge is -2.05. The van der Waals surface area contributed by atoms with E-state index >= 15 is 0 Å². The molecule has 0 aromatic carbocycles. The highest BCUT2D eigenvalue weighted by Crippen LogP contribution is 2.19. The van der Waals surface area contributed by atoms with E-state index in [1.54, 1.807) is 7.05 Å². The van der Waals surface area contributed by atoms with E-state index in [1.165, 1.54) is 18.7 Å². The van der Waals surface area contributed by atoms with Crippen LogP contribution in [0.15, 0.2) is 23.2 Å². The predicted octanol–water partition coefficient (Wildman–Crippen LogP) is 1.09. The van der Waals surface area contributed by atoms with Crippen LogP contribution in [-0.4, -0.2) is 28.1 Å². The van der Waals surface area contributed by atoms with Gasteiger partial charge < -0.3 is 15.2 Å². The monoisotopic (exact) mass is 267 g/mol. The maximum atomic E-state index is 11.8. The number of halogens is 1. The molecule has 2 rings (SSSR count). The molecule has 2 aromatic heterocycles. The minimum absolute atomic E-state index is 0.181. The first-order chi connectivity index (χ1) is 8.70. The Labute approximate surface area is 108 Å². The molecule has 0 bridgehead atoms. The van der Waals surface area contributed by atoms with Gasteiger partial charge >= 0.3 is 0 Å². The van der Waals surface area contributed by atoms with Crippen molar-refractivity contribution in [1.82, 2.24) is 20.4 Å². The second kappa shape index (κ2) is 5.46. The summed E-state index contributed by atoms with van der Waals surface area (Å²) in [7, 11) is 1.70. The van der Waals surface area contributed by atoms with Gasteiger partial charge in [-0.15, -0.1) is 0 Å². The Bertz CT molecular complexity index is 543.